The third-order valence-corrected chi connectivity index (χ3v) is 4.93. The van der Waals surface area contributed by atoms with Gasteiger partial charge in [0.15, 0.2) is 0 Å². The van der Waals surface area contributed by atoms with Gasteiger partial charge >= 0.3 is 0 Å². The first-order valence-electron chi connectivity index (χ1n) is 9.25. The topological polar surface area (TPSA) is 32.3 Å². The molecular weight excluding hydrogens is 270 g/mol. The molecule has 1 aromatic carbocycles. The molecule has 2 nitrogen and oxygen atoms in total. The summed E-state index contributed by atoms with van der Waals surface area (Å²) in [6, 6.07) is 6.66. The van der Waals surface area contributed by atoms with Crippen LogP contribution in [0.2, 0.25) is 0 Å². The summed E-state index contributed by atoms with van der Waals surface area (Å²) in [5.74, 6) is 0. The minimum absolute atomic E-state index is 0.120. The van der Waals surface area contributed by atoms with Crippen molar-refractivity contribution in [3.05, 3.63) is 34.9 Å². The quantitative estimate of drug-likeness (QED) is 0.622. The van der Waals surface area contributed by atoms with Crippen LogP contribution in [-0.4, -0.2) is 17.7 Å². The lowest BCUT2D eigenvalue weighted by Gasteiger charge is -2.21. The van der Waals surface area contributed by atoms with Gasteiger partial charge in [0.05, 0.1) is 6.10 Å². The maximum absolute atomic E-state index is 10.5. The van der Waals surface area contributed by atoms with Gasteiger partial charge in [-0.3, -0.25) is 0 Å². The van der Waals surface area contributed by atoms with Crippen LogP contribution in [0.5, 0.6) is 0 Å². The van der Waals surface area contributed by atoms with E-state index in [0.29, 0.717) is 0 Å². The number of aryl methyl sites for hydroxylation is 2. The Bertz CT molecular complexity index is 443. The van der Waals surface area contributed by atoms with Crippen LogP contribution in [0.3, 0.4) is 0 Å². The first-order chi connectivity index (χ1) is 10.7. The number of rotatable bonds is 10. The average molecular weight is 303 g/mol. The highest BCUT2D eigenvalue weighted by molar-refractivity contribution is 5.36. The molecule has 0 aliphatic heterocycles. The van der Waals surface area contributed by atoms with Crippen molar-refractivity contribution in [1.29, 1.82) is 0 Å². The van der Waals surface area contributed by atoms with Gasteiger partial charge < -0.3 is 10.4 Å². The molecular formula is C20H33NO. The largest absolute Gasteiger partial charge is 0.387 e. The number of benzene rings is 1. The minimum Gasteiger partial charge on any atom is -0.387 e. The minimum atomic E-state index is -0.397. The lowest BCUT2D eigenvalue weighted by atomic mass is 9.99. The second-order valence-corrected chi connectivity index (χ2v) is 6.84. The van der Waals surface area contributed by atoms with Gasteiger partial charge in [0, 0.05) is 6.04 Å². The Morgan fingerprint density at radius 3 is 2.59 bits per heavy atom. The number of aliphatic hydroxyl groups excluding tert-OH is 1. The molecule has 124 valence electrons. The maximum atomic E-state index is 10.5. The molecule has 2 unspecified atom stereocenters. The summed E-state index contributed by atoms with van der Waals surface area (Å²) in [5, 5.41) is 14.0. The Morgan fingerprint density at radius 2 is 1.77 bits per heavy atom. The van der Waals surface area contributed by atoms with Crippen LogP contribution >= 0.6 is 0 Å². The van der Waals surface area contributed by atoms with E-state index < -0.39 is 6.10 Å². The molecule has 1 aliphatic rings. The summed E-state index contributed by atoms with van der Waals surface area (Å²) < 4.78 is 0. The molecule has 0 bridgehead atoms. The highest BCUT2D eigenvalue weighted by Crippen LogP contribution is 2.26. The Kier molecular flexibility index (Phi) is 7.41. The SMILES string of the molecule is CCCCCCCCNC(C)C(O)c1ccc2c(c1)CCC2. The van der Waals surface area contributed by atoms with Gasteiger partial charge in [-0.05, 0) is 55.8 Å². The summed E-state index contributed by atoms with van der Waals surface area (Å²) in [5.41, 5.74) is 3.99. The Labute approximate surface area is 136 Å². The first-order valence-corrected chi connectivity index (χ1v) is 9.25. The van der Waals surface area contributed by atoms with Crippen molar-refractivity contribution in [2.24, 2.45) is 0 Å². The van der Waals surface area contributed by atoms with Gasteiger partial charge in [-0.15, -0.1) is 0 Å². The van der Waals surface area contributed by atoms with E-state index in [1.165, 1.54) is 68.9 Å². The third kappa shape index (κ3) is 5.10. The van der Waals surface area contributed by atoms with E-state index >= 15 is 0 Å². The van der Waals surface area contributed by atoms with Crippen LogP contribution < -0.4 is 5.32 Å². The zero-order chi connectivity index (χ0) is 15.8. The predicted molar refractivity (Wildman–Crippen MR) is 94.3 cm³/mol. The molecule has 1 aromatic rings. The second-order valence-electron chi connectivity index (χ2n) is 6.84. The van der Waals surface area contributed by atoms with Crippen molar-refractivity contribution < 1.29 is 5.11 Å². The van der Waals surface area contributed by atoms with Crippen LogP contribution in [-0.2, 0) is 12.8 Å². The van der Waals surface area contributed by atoms with E-state index in [9.17, 15) is 5.11 Å². The van der Waals surface area contributed by atoms with Crippen molar-refractivity contribution in [1.82, 2.24) is 5.32 Å². The highest BCUT2D eigenvalue weighted by atomic mass is 16.3. The van der Waals surface area contributed by atoms with Crippen molar-refractivity contribution in [3.8, 4) is 0 Å². The molecule has 0 amide bonds. The number of hydrogen-bond acceptors (Lipinski definition) is 2. The van der Waals surface area contributed by atoms with Crippen molar-refractivity contribution in [3.63, 3.8) is 0 Å². The van der Waals surface area contributed by atoms with Crippen LogP contribution in [0, 0.1) is 0 Å². The van der Waals surface area contributed by atoms with Gasteiger partial charge in [0.2, 0.25) is 0 Å². The van der Waals surface area contributed by atoms with Gasteiger partial charge in [-0.1, -0.05) is 57.2 Å². The lowest BCUT2D eigenvalue weighted by Crippen LogP contribution is -2.33. The summed E-state index contributed by atoms with van der Waals surface area (Å²) in [7, 11) is 0. The normalized spacial score (nSPS) is 16.5. The summed E-state index contributed by atoms with van der Waals surface area (Å²) in [4.78, 5) is 0. The Morgan fingerprint density at radius 1 is 1.05 bits per heavy atom. The molecule has 2 heteroatoms. The lowest BCUT2D eigenvalue weighted by molar-refractivity contribution is 0.136. The number of aliphatic hydroxyl groups is 1. The standard InChI is InChI=1S/C20H33NO/c1-3-4-5-6-7-8-14-21-16(2)20(22)19-13-12-17-10-9-11-18(17)15-19/h12-13,15-16,20-22H,3-11,14H2,1-2H3. The first kappa shape index (κ1) is 17.5. The Balaban J connectivity index is 1.69. The zero-order valence-corrected chi connectivity index (χ0v) is 14.4. The molecule has 1 aliphatic carbocycles. The summed E-state index contributed by atoms with van der Waals surface area (Å²) in [6.45, 7) is 5.36. The Hall–Kier alpha value is -0.860. The number of fused-ring (bicyclic) bond motifs is 1. The van der Waals surface area contributed by atoms with E-state index in [4.69, 9.17) is 0 Å². The highest BCUT2D eigenvalue weighted by Gasteiger charge is 2.18. The zero-order valence-electron chi connectivity index (χ0n) is 14.4. The monoisotopic (exact) mass is 303 g/mol. The molecule has 2 atom stereocenters. The second kappa shape index (κ2) is 9.32. The van der Waals surface area contributed by atoms with Gasteiger partial charge in [0.1, 0.15) is 0 Å². The molecule has 0 heterocycles. The van der Waals surface area contributed by atoms with E-state index in [-0.39, 0.29) is 6.04 Å². The summed E-state index contributed by atoms with van der Waals surface area (Å²) in [6.07, 6.45) is 11.1. The molecule has 2 N–H and O–H groups in total. The van der Waals surface area contributed by atoms with E-state index in [0.717, 1.165) is 12.1 Å². The predicted octanol–water partition coefficient (Wildman–Crippen LogP) is 4.55. The van der Waals surface area contributed by atoms with Crippen LogP contribution in [0.15, 0.2) is 18.2 Å². The molecule has 22 heavy (non-hydrogen) atoms. The molecule has 0 aromatic heterocycles. The molecule has 0 saturated heterocycles. The number of unbranched alkanes of at least 4 members (excludes halogenated alkanes) is 5. The smallest absolute Gasteiger partial charge is 0.0940 e. The van der Waals surface area contributed by atoms with Crippen LogP contribution in [0.4, 0.5) is 0 Å². The van der Waals surface area contributed by atoms with Crippen LogP contribution in [0.1, 0.15) is 81.6 Å². The number of nitrogens with one attached hydrogen (secondary N) is 1. The molecule has 0 spiro atoms. The van der Waals surface area contributed by atoms with Crippen molar-refractivity contribution >= 4 is 0 Å². The van der Waals surface area contributed by atoms with Crippen molar-refractivity contribution in [2.45, 2.75) is 83.8 Å². The molecule has 0 fully saturated rings. The van der Waals surface area contributed by atoms with E-state index in [2.05, 4.69) is 37.4 Å². The third-order valence-electron chi connectivity index (χ3n) is 4.93. The molecule has 0 radical (unpaired) electrons. The molecule has 2 rings (SSSR count). The van der Waals surface area contributed by atoms with Gasteiger partial charge in [-0.2, -0.15) is 0 Å². The van der Waals surface area contributed by atoms with Crippen LogP contribution in [0.25, 0.3) is 0 Å². The fourth-order valence-corrected chi connectivity index (χ4v) is 3.41. The average Bonchev–Trinajstić information content (AvgIpc) is 3.00. The fraction of sp³-hybridized carbons (Fsp3) is 0.700. The number of hydrogen-bond donors (Lipinski definition) is 2. The van der Waals surface area contributed by atoms with Gasteiger partial charge in [-0.25, -0.2) is 0 Å². The fourth-order valence-electron chi connectivity index (χ4n) is 3.41. The summed E-state index contributed by atoms with van der Waals surface area (Å²) >= 11 is 0. The van der Waals surface area contributed by atoms with Crippen molar-refractivity contribution in [2.75, 3.05) is 6.54 Å². The maximum Gasteiger partial charge on any atom is 0.0940 e. The van der Waals surface area contributed by atoms with E-state index in [1.807, 2.05) is 0 Å². The van der Waals surface area contributed by atoms with Gasteiger partial charge in [0.25, 0.3) is 0 Å². The van der Waals surface area contributed by atoms with E-state index in [1.54, 1.807) is 0 Å². The molecule has 0 saturated carbocycles.